The number of sulfonamides is 1. The number of aryl methyl sites for hydroxylation is 1. The summed E-state index contributed by atoms with van der Waals surface area (Å²) < 4.78 is 30.8. The van der Waals surface area contributed by atoms with Gasteiger partial charge in [-0.25, -0.2) is 12.7 Å². The average Bonchev–Trinajstić information content (AvgIpc) is 2.67. The molecule has 1 aliphatic carbocycles. The highest BCUT2D eigenvalue weighted by Crippen LogP contribution is 2.38. The van der Waals surface area contributed by atoms with Crippen molar-refractivity contribution in [3.63, 3.8) is 0 Å². The summed E-state index contributed by atoms with van der Waals surface area (Å²) in [6.07, 6.45) is 9.01. The third-order valence-corrected chi connectivity index (χ3v) is 7.94. The summed E-state index contributed by atoms with van der Waals surface area (Å²) in [4.78, 5) is 0. The first-order chi connectivity index (χ1) is 13.4. The van der Waals surface area contributed by atoms with Crippen LogP contribution in [0.3, 0.4) is 0 Å². The molecule has 3 rings (SSSR count). The molecule has 1 saturated heterocycles. The van der Waals surface area contributed by atoms with Gasteiger partial charge >= 0.3 is 0 Å². The quantitative estimate of drug-likeness (QED) is 0.717. The maximum absolute atomic E-state index is 11.7. The van der Waals surface area contributed by atoms with Crippen LogP contribution in [0.4, 0.5) is 0 Å². The van der Waals surface area contributed by atoms with Crippen LogP contribution in [0, 0.1) is 17.8 Å². The lowest BCUT2D eigenvalue weighted by molar-refractivity contribution is 0.188. The number of ether oxygens (including phenoxy) is 1. The van der Waals surface area contributed by atoms with Crippen LogP contribution in [0.2, 0.25) is 0 Å². The van der Waals surface area contributed by atoms with Crippen LogP contribution in [-0.2, 0) is 22.9 Å². The van der Waals surface area contributed by atoms with Gasteiger partial charge in [0.15, 0.2) is 0 Å². The highest BCUT2D eigenvalue weighted by atomic mass is 32.2. The van der Waals surface area contributed by atoms with Gasteiger partial charge in [0.25, 0.3) is 0 Å². The van der Waals surface area contributed by atoms with E-state index < -0.39 is 10.0 Å². The molecular formula is C22H36N2O3S. The summed E-state index contributed by atoms with van der Waals surface area (Å²) in [5.74, 6) is 2.92. The molecule has 0 bridgehead atoms. The van der Waals surface area contributed by atoms with Crippen molar-refractivity contribution in [3.8, 4) is 5.75 Å². The first-order valence-corrected chi connectivity index (χ1v) is 12.6. The van der Waals surface area contributed by atoms with E-state index in [1.807, 2.05) is 6.92 Å². The molecule has 1 aliphatic heterocycles. The van der Waals surface area contributed by atoms with E-state index >= 15 is 0 Å². The fraction of sp³-hybridized carbons (Fsp3) is 0.727. The minimum absolute atomic E-state index is 0.622. The normalized spacial score (nSPS) is 22.6. The van der Waals surface area contributed by atoms with E-state index in [0.29, 0.717) is 37.5 Å². The fourth-order valence-electron chi connectivity index (χ4n) is 5.08. The second-order valence-electron chi connectivity index (χ2n) is 8.54. The van der Waals surface area contributed by atoms with Crippen LogP contribution in [0.25, 0.3) is 0 Å². The number of benzene rings is 1. The molecule has 0 aromatic heterocycles. The lowest BCUT2D eigenvalue weighted by Crippen LogP contribution is -2.38. The summed E-state index contributed by atoms with van der Waals surface area (Å²) in [5, 5.41) is 0. The van der Waals surface area contributed by atoms with Crippen molar-refractivity contribution in [1.29, 1.82) is 0 Å². The fourth-order valence-corrected chi connectivity index (χ4v) is 5.96. The van der Waals surface area contributed by atoms with Crippen molar-refractivity contribution in [2.75, 3.05) is 32.5 Å². The Bertz CT molecular complexity index is 742. The number of rotatable bonds is 8. The largest absolute Gasteiger partial charge is 0.494 e. The van der Waals surface area contributed by atoms with Crippen molar-refractivity contribution in [2.24, 2.45) is 23.5 Å². The van der Waals surface area contributed by atoms with Crippen LogP contribution in [0.5, 0.6) is 5.75 Å². The van der Waals surface area contributed by atoms with Crippen molar-refractivity contribution in [2.45, 2.75) is 51.9 Å². The maximum Gasteiger partial charge on any atom is 0.211 e. The number of nitrogens with two attached hydrogens (primary N) is 1. The second-order valence-corrected chi connectivity index (χ2v) is 10.5. The average molecular weight is 409 g/mol. The Labute approximate surface area is 170 Å². The maximum atomic E-state index is 11.7. The molecule has 5 nitrogen and oxygen atoms in total. The van der Waals surface area contributed by atoms with Gasteiger partial charge in [0.1, 0.15) is 5.75 Å². The van der Waals surface area contributed by atoms with Crippen LogP contribution in [0.1, 0.15) is 50.2 Å². The summed E-state index contributed by atoms with van der Waals surface area (Å²) in [6.45, 7) is 4.81. The molecule has 2 aliphatic rings. The van der Waals surface area contributed by atoms with Gasteiger partial charge < -0.3 is 10.5 Å². The Balaban J connectivity index is 1.60. The summed E-state index contributed by atoms with van der Waals surface area (Å²) in [5.41, 5.74) is 8.87. The Morgan fingerprint density at radius 2 is 1.96 bits per heavy atom. The Morgan fingerprint density at radius 3 is 2.61 bits per heavy atom. The van der Waals surface area contributed by atoms with Gasteiger partial charge in [0.2, 0.25) is 10.0 Å². The van der Waals surface area contributed by atoms with Crippen LogP contribution in [0.15, 0.2) is 18.2 Å². The molecule has 2 atom stereocenters. The van der Waals surface area contributed by atoms with E-state index in [-0.39, 0.29) is 0 Å². The molecule has 1 heterocycles. The zero-order valence-corrected chi connectivity index (χ0v) is 18.2. The van der Waals surface area contributed by atoms with Gasteiger partial charge in [-0.2, -0.15) is 0 Å². The van der Waals surface area contributed by atoms with Gasteiger partial charge in [-0.15, -0.1) is 0 Å². The van der Waals surface area contributed by atoms with Gasteiger partial charge in [0.05, 0.1) is 12.9 Å². The summed E-state index contributed by atoms with van der Waals surface area (Å²) >= 11 is 0. The van der Waals surface area contributed by atoms with E-state index in [4.69, 9.17) is 10.5 Å². The molecule has 2 N–H and O–H groups in total. The SMILES string of the molecule is CCOc1ccc2c(c1)CCC(C(CCN)CC1CCN(S(C)(=O)=O)CC1)C2. The van der Waals surface area contributed by atoms with E-state index in [9.17, 15) is 8.42 Å². The van der Waals surface area contributed by atoms with E-state index in [1.54, 1.807) is 4.31 Å². The van der Waals surface area contributed by atoms with Crippen molar-refractivity contribution in [1.82, 2.24) is 4.31 Å². The van der Waals surface area contributed by atoms with Gasteiger partial charge in [-0.05, 0) is 99.4 Å². The Hall–Kier alpha value is -1.11. The Kier molecular flexibility index (Phi) is 7.40. The topological polar surface area (TPSA) is 72.6 Å². The van der Waals surface area contributed by atoms with Crippen molar-refractivity contribution in [3.05, 3.63) is 29.3 Å². The number of hydrogen-bond donors (Lipinski definition) is 1. The van der Waals surface area contributed by atoms with E-state index in [0.717, 1.165) is 44.4 Å². The molecule has 2 unspecified atom stereocenters. The molecule has 158 valence electrons. The molecule has 1 aromatic rings. The highest BCUT2D eigenvalue weighted by Gasteiger charge is 2.31. The molecule has 0 saturated carbocycles. The molecule has 0 spiro atoms. The smallest absolute Gasteiger partial charge is 0.211 e. The van der Waals surface area contributed by atoms with Crippen LogP contribution >= 0.6 is 0 Å². The summed E-state index contributed by atoms with van der Waals surface area (Å²) in [6, 6.07) is 6.56. The van der Waals surface area contributed by atoms with Gasteiger partial charge in [-0.3, -0.25) is 0 Å². The number of nitrogens with zero attached hydrogens (tertiary/aromatic N) is 1. The third-order valence-electron chi connectivity index (χ3n) is 6.64. The molecule has 0 radical (unpaired) electrons. The zero-order valence-electron chi connectivity index (χ0n) is 17.4. The van der Waals surface area contributed by atoms with Crippen LogP contribution < -0.4 is 10.5 Å². The number of fused-ring (bicyclic) bond motifs is 1. The predicted molar refractivity (Wildman–Crippen MR) is 114 cm³/mol. The minimum Gasteiger partial charge on any atom is -0.494 e. The lowest BCUT2D eigenvalue weighted by Gasteiger charge is -2.36. The molecule has 1 aromatic carbocycles. The highest BCUT2D eigenvalue weighted by molar-refractivity contribution is 7.88. The first-order valence-electron chi connectivity index (χ1n) is 10.8. The van der Waals surface area contributed by atoms with Gasteiger partial charge in [-0.1, -0.05) is 6.07 Å². The number of hydrogen-bond acceptors (Lipinski definition) is 4. The lowest BCUT2D eigenvalue weighted by atomic mass is 9.72. The van der Waals surface area contributed by atoms with E-state index in [2.05, 4.69) is 18.2 Å². The first kappa shape index (κ1) is 21.6. The minimum atomic E-state index is -3.05. The Morgan fingerprint density at radius 1 is 1.21 bits per heavy atom. The molecule has 6 heteroatoms. The molecule has 28 heavy (non-hydrogen) atoms. The predicted octanol–water partition coefficient (Wildman–Crippen LogP) is 3.22. The standard InChI is InChI=1S/C22H36N2O3S/c1-3-27-22-7-6-19-15-18(4-5-20(19)16-22)21(8-11-23)14-17-9-12-24(13-10-17)28(2,25)26/h6-7,16-18,21H,3-5,8-15,23H2,1-2H3. The number of piperidine rings is 1. The molecular weight excluding hydrogens is 372 g/mol. The van der Waals surface area contributed by atoms with Crippen molar-refractivity contribution >= 4 is 10.0 Å². The third kappa shape index (κ3) is 5.49. The van der Waals surface area contributed by atoms with Crippen molar-refractivity contribution < 1.29 is 13.2 Å². The second kappa shape index (κ2) is 9.59. The van der Waals surface area contributed by atoms with E-state index in [1.165, 1.54) is 30.2 Å². The zero-order chi connectivity index (χ0) is 20.1. The summed E-state index contributed by atoms with van der Waals surface area (Å²) in [7, 11) is -3.05. The monoisotopic (exact) mass is 408 g/mol. The molecule has 0 amide bonds. The van der Waals surface area contributed by atoms with Gasteiger partial charge in [0, 0.05) is 13.1 Å². The molecule has 1 fully saturated rings. The van der Waals surface area contributed by atoms with Crippen LogP contribution in [-0.4, -0.2) is 45.2 Å².